The van der Waals surface area contributed by atoms with E-state index >= 15 is 0 Å². The number of hydrogen-bond donors (Lipinski definition) is 2. The Bertz CT molecular complexity index is 406. The van der Waals surface area contributed by atoms with Gasteiger partial charge >= 0.3 is 0 Å². The van der Waals surface area contributed by atoms with Crippen molar-refractivity contribution in [1.82, 2.24) is 0 Å². The molecule has 0 saturated heterocycles. The van der Waals surface area contributed by atoms with Crippen molar-refractivity contribution in [2.45, 2.75) is 0 Å². The van der Waals surface area contributed by atoms with E-state index < -0.39 is 5.82 Å². The third kappa shape index (κ3) is 2.20. The molecule has 0 unspecified atom stereocenters. The summed E-state index contributed by atoms with van der Waals surface area (Å²) in [7, 11) is 1.49. The maximum Gasteiger partial charge on any atom is 0.192 e. The van der Waals surface area contributed by atoms with Gasteiger partial charge in [0, 0.05) is 7.05 Å². The molecule has 0 spiro atoms. The number of nitrogens with one attached hydrogen (secondary N) is 1. The molecule has 1 aromatic rings. The van der Waals surface area contributed by atoms with Crippen molar-refractivity contribution < 1.29 is 4.39 Å². The van der Waals surface area contributed by atoms with Gasteiger partial charge in [-0.3, -0.25) is 4.99 Å². The van der Waals surface area contributed by atoms with Gasteiger partial charge in [-0.15, -0.1) is 0 Å². The smallest absolute Gasteiger partial charge is 0.192 e. The topological polar surface area (TPSA) is 74.2 Å². The molecule has 14 heavy (non-hydrogen) atoms. The van der Waals surface area contributed by atoms with Gasteiger partial charge in [-0.05, 0) is 18.2 Å². The largest absolute Gasteiger partial charge is 0.370 e. The van der Waals surface area contributed by atoms with Gasteiger partial charge in [0.15, 0.2) is 5.96 Å². The van der Waals surface area contributed by atoms with E-state index in [9.17, 15) is 4.39 Å². The highest BCUT2D eigenvalue weighted by Gasteiger charge is 2.03. The molecule has 0 heterocycles. The van der Waals surface area contributed by atoms with E-state index in [0.29, 0.717) is 0 Å². The SMILES string of the molecule is CN=C(N)Nc1ccc(C#N)cc1F. The number of rotatable bonds is 1. The van der Waals surface area contributed by atoms with Crippen LogP contribution in [0.1, 0.15) is 5.56 Å². The Labute approximate surface area is 80.9 Å². The Morgan fingerprint density at radius 3 is 2.86 bits per heavy atom. The molecule has 72 valence electrons. The highest BCUT2D eigenvalue weighted by atomic mass is 19.1. The number of nitriles is 1. The van der Waals surface area contributed by atoms with E-state index in [1.807, 2.05) is 6.07 Å². The van der Waals surface area contributed by atoms with Crippen molar-refractivity contribution in [3.8, 4) is 6.07 Å². The zero-order valence-electron chi connectivity index (χ0n) is 7.58. The van der Waals surface area contributed by atoms with Crippen LogP contribution in [0.25, 0.3) is 0 Å². The molecule has 5 heteroatoms. The second-order valence-corrected chi connectivity index (χ2v) is 2.54. The first-order chi connectivity index (χ1) is 6.67. The summed E-state index contributed by atoms with van der Waals surface area (Å²) in [5, 5.41) is 11.0. The van der Waals surface area contributed by atoms with Crippen LogP contribution in [0.4, 0.5) is 10.1 Å². The lowest BCUT2D eigenvalue weighted by atomic mass is 10.2. The quantitative estimate of drug-likeness (QED) is 0.516. The third-order valence-corrected chi connectivity index (χ3v) is 1.60. The van der Waals surface area contributed by atoms with Crippen molar-refractivity contribution in [3.05, 3.63) is 29.6 Å². The lowest BCUT2D eigenvalue weighted by Gasteiger charge is -2.05. The molecular formula is C9H9FN4. The first kappa shape index (κ1) is 9.99. The normalized spacial score (nSPS) is 10.8. The van der Waals surface area contributed by atoms with Gasteiger partial charge in [-0.1, -0.05) is 0 Å². The molecular weight excluding hydrogens is 183 g/mol. The minimum Gasteiger partial charge on any atom is -0.370 e. The molecule has 0 aromatic heterocycles. The Balaban J connectivity index is 2.96. The minimum absolute atomic E-state index is 0.119. The van der Waals surface area contributed by atoms with E-state index in [4.69, 9.17) is 11.0 Å². The van der Waals surface area contributed by atoms with Crippen LogP contribution in [-0.2, 0) is 0 Å². The number of halogens is 1. The van der Waals surface area contributed by atoms with Crippen LogP contribution in [0, 0.1) is 17.1 Å². The van der Waals surface area contributed by atoms with Crippen LogP contribution in [0.5, 0.6) is 0 Å². The van der Waals surface area contributed by atoms with Crippen LogP contribution < -0.4 is 11.1 Å². The Hall–Kier alpha value is -2.09. The average Bonchev–Trinajstić information content (AvgIpc) is 2.20. The maximum absolute atomic E-state index is 13.2. The number of nitrogens with two attached hydrogens (primary N) is 1. The summed E-state index contributed by atoms with van der Waals surface area (Å²) in [4.78, 5) is 3.62. The molecule has 4 nitrogen and oxygen atoms in total. The van der Waals surface area contributed by atoms with Gasteiger partial charge in [-0.25, -0.2) is 4.39 Å². The lowest BCUT2D eigenvalue weighted by Crippen LogP contribution is -2.22. The van der Waals surface area contributed by atoms with Crippen LogP contribution in [0.15, 0.2) is 23.2 Å². The zero-order chi connectivity index (χ0) is 10.6. The highest BCUT2D eigenvalue weighted by Crippen LogP contribution is 2.14. The van der Waals surface area contributed by atoms with Gasteiger partial charge in [-0.2, -0.15) is 5.26 Å². The fourth-order valence-corrected chi connectivity index (χ4v) is 0.880. The minimum atomic E-state index is -0.532. The van der Waals surface area contributed by atoms with Crippen molar-refractivity contribution >= 4 is 11.6 Å². The molecule has 3 N–H and O–H groups in total. The summed E-state index contributed by atoms with van der Waals surface area (Å²) < 4.78 is 13.2. The number of anilines is 1. The van der Waals surface area contributed by atoms with E-state index in [1.165, 1.54) is 19.2 Å². The van der Waals surface area contributed by atoms with Gasteiger partial charge in [0.2, 0.25) is 0 Å². The molecule has 0 aliphatic carbocycles. The molecule has 0 amide bonds. The molecule has 1 rings (SSSR count). The standard InChI is InChI=1S/C9H9FN4/c1-13-9(12)14-8-3-2-6(5-11)4-7(8)10/h2-4H,1H3,(H3,12,13,14). The van der Waals surface area contributed by atoms with Gasteiger partial charge in [0.25, 0.3) is 0 Å². The van der Waals surface area contributed by atoms with Crippen LogP contribution >= 0.6 is 0 Å². The van der Waals surface area contributed by atoms with Crippen molar-refractivity contribution in [2.24, 2.45) is 10.7 Å². The number of aliphatic imine (C=N–C) groups is 1. The molecule has 0 fully saturated rings. The molecule has 0 aliphatic heterocycles. The Kier molecular flexibility index (Phi) is 3.02. The fraction of sp³-hybridized carbons (Fsp3) is 0.111. The first-order valence-corrected chi connectivity index (χ1v) is 3.86. The summed E-state index contributed by atoms with van der Waals surface area (Å²) >= 11 is 0. The van der Waals surface area contributed by atoms with Crippen LogP contribution in [0.2, 0.25) is 0 Å². The molecule has 0 bridgehead atoms. The number of guanidine groups is 1. The first-order valence-electron chi connectivity index (χ1n) is 3.86. The fourth-order valence-electron chi connectivity index (χ4n) is 0.880. The monoisotopic (exact) mass is 192 g/mol. The summed E-state index contributed by atoms with van der Waals surface area (Å²) in [6.45, 7) is 0. The number of nitrogens with zero attached hydrogens (tertiary/aromatic N) is 2. The summed E-state index contributed by atoms with van der Waals surface area (Å²) in [5.41, 5.74) is 5.82. The van der Waals surface area contributed by atoms with Crippen molar-refractivity contribution in [1.29, 1.82) is 5.26 Å². The number of hydrogen-bond acceptors (Lipinski definition) is 2. The molecule has 0 saturated carbocycles. The summed E-state index contributed by atoms with van der Waals surface area (Å²) in [5.74, 6) is -0.413. The summed E-state index contributed by atoms with van der Waals surface area (Å²) in [6.07, 6.45) is 0. The molecule has 0 aliphatic rings. The average molecular weight is 192 g/mol. The lowest BCUT2D eigenvalue weighted by molar-refractivity contribution is 0.631. The second kappa shape index (κ2) is 4.23. The predicted octanol–water partition coefficient (Wildman–Crippen LogP) is 1.05. The predicted molar refractivity (Wildman–Crippen MR) is 52.3 cm³/mol. The number of benzene rings is 1. The van der Waals surface area contributed by atoms with Crippen molar-refractivity contribution in [2.75, 3.05) is 12.4 Å². The zero-order valence-corrected chi connectivity index (χ0v) is 7.58. The second-order valence-electron chi connectivity index (χ2n) is 2.54. The molecule has 0 atom stereocenters. The van der Waals surface area contributed by atoms with Gasteiger partial charge in [0.05, 0.1) is 17.3 Å². The van der Waals surface area contributed by atoms with E-state index in [0.717, 1.165) is 6.07 Å². The van der Waals surface area contributed by atoms with E-state index in [1.54, 1.807) is 0 Å². The molecule has 0 radical (unpaired) electrons. The van der Waals surface area contributed by atoms with Crippen molar-refractivity contribution in [3.63, 3.8) is 0 Å². The Morgan fingerprint density at radius 1 is 1.64 bits per heavy atom. The molecule has 1 aromatic carbocycles. The maximum atomic E-state index is 13.2. The van der Waals surface area contributed by atoms with Gasteiger partial charge in [0.1, 0.15) is 5.82 Å². The third-order valence-electron chi connectivity index (χ3n) is 1.60. The van der Waals surface area contributed by atoms with Crippen LogP contribution in [-0.4, -0.2) is 13.0 Å². The van der Waals surface area contributed by atoms with Gasteiger partial charge < -0.3 is 11.1 Å². The van der Waals surface area contributed by atoms with Crippen LogP contribution in [0.3, 0.4) is 0 Å². The Morgan fingerprint density at radius 2 is 2.36 bits per heavy atom. The van der Waals surface area contributed by atoms with E-state index in [-0.39, 0.29) is 17.2 Å². The van der Waals surface area contributed by atoms with E-state index in [2.05, 4.69) is 10.3 Å². The highest BCUT2D eigenvalue weighted by molar-refractivity contribution is 5.92. The summed E-state index contributed by atoms with van der Waals surface area (Å²) in [6, 6.07) is 5.89.